The number of nitrogens with two attached hydrogens (primary N) is 1. The van der Waals surface area contributed by atoms with E-state index >= 15 is 0 Å². The minimum Gasteiger partial charge on any atom is -0.481 e. The zero-order chi connectivity index (χ0) is 21.0. The van der Waals surface area contributed by atoms with Gasteiger partial charge in [-0.3, -0.25) is 10.1 Å². The quantitative estimate of drug-likeness (QED) is 0.710. The van der Waals surface area contributed by atoms with Gasteiger partial charge in [0, 0.05) is 29.3 Å². The van der Waals surface area contributed by atoms with Crippen molar-refractivity contribution < 1.29 is 19.1 Å². The Kier molecular flexibility index (Phi) is 6.33. The Bertz CT molecular complexity index is 916. The van der Waals surface area contributed by atoms with E-state index in [0.29, 0.717) is 23.7 Å². The van der Waals surface area contributed by atoms with Crippen LogP contribution in [-0.4, -0.2) is 31.2 Å². The fourth-order valence-electron chi connectivity index (χ4n) is 3.30. The number of nitrogens with one attached hydrogen (secondary N) is 2. The van der Waals surface area contributed by atoms with Gasteiger partial charge < -0.3 is 20.5 Å². The predicted octanol–water partition coefficient (Wildman–Crippen LogP) is 3.69. The van der Waals surface area contributed by atoms with E-state index in [1.54, 1.807) is 25.3 Å². The summed E-state index contributed by atoms with van der Waals surface area (Å²) in [6.45, 7) is 1.89. The number of hydrogen-bond acceptors (Lipinski definition) is 6. The second kappa shape index (κ2) is 8.91. The number of rotatable bonds is 2. The number of pyridine rings is 1. The third kappa shape index (κ3) is 4.83. The summed E-state index contributed by atoms with van der Waals surface area (Å²) in [4.78, 5) is 28.8. The van der Waals surface area contributed by atoms with Gasteiger partial charge in [0.05, 0.1) is 25.6 Å². The molecule has 1 aliphatic heterocycles. The summed E-state index contributed by atoms with van der Waals surface area (Å²) in [6.07, 6.45) is 1.66. The van der Waals surface area contributed by atoms with Crippen molar-refractivity contribution in [2.75, 3.05) is 24.9 Å². The van der Waals surface area contributed by atoms with E-state index in [1.807, 2.05) is 19.1 Å². The normalized spacial score (nSPS) is 19.1. The number of nitrogens with zero attached hydrogens (tertiary/aromatic N) is 1. The average molecular weight is 398 g/mol. The smallest absolute Gasteiger partial charge is 0.411 e. The van der Waals surface area contributed by atoms with Crippen LogP contribution < -0.4 is 21.1 Å². The lowest BCUT2D eigenvalue weighted by molar-refractivity contribution is -0.119. The van der Waals surface area contributed by atoms with Gasteiger partial charge in [-0.2, -0.15) is 0 Å². The molecule has 0 radical (unpaired) electrons. The van der Waals surface area contributed by atoms with Gasteiger partial charge in [0.25, 0.3) is 0 Å². The molecule has 0 spiro atoms. The first-order valence-corrected chi connectivity index (χ1v) is 9.53. The van der Waals surface area contributed by atoms with Crippen molar-refractivity contribution in [3.63, 3.8) is 0 Å². The fourth-order valence-corrected chi connectivity index (χ4v) is 3.30. The molecule has 1 aromatic heterocycles. The van der Waals surface area contributed by atoms with Crippen LogP contribution in [0.2, 0.25) is 0 Å². The Morgan fingerprint density at radius 3 is 2.76 bits per heavy atom. The van der Waals surface area contributed by atoms with E-state index in [0.717, 1.165) is 29.7 Å². The summed E-state index contributed by atoms with van der Waals surface area (Å²) in [5.41, 5.74) is 9.76. The van der Waals surface area contributed by atoms with E-state index in [4.69, 9.17) is 10.5 Å². The number of ether oxygens (including phenoxy) is 2. The molecule has 8 heteroatoms. The van der Waals surface area contributed by atoms with Crippen molar-refractivity contribution in [3.05, 3.63) is 36.0 Å². The molecule has 0 saturated heterocycles. The van der Waals surface area contributed by atoms with Crippen molar-refractivity contribution in [2.24, 2.45) is 11.7 Å². The van der Waals surface area contributed by atoms with E-state index < -0.39 is 6.09 Å². The highest BCUT2D eigenvalue weighted by molar-refractivity contribution is 5.98. The lowest BCUT2D eigenvalue weighted by atomic mass is 9.95. The molecule has 2 atom stereocenters. The van der Waals surface area contributed by atoms with Crippen molar-refractivity contribution in [1.82, 2.24) is 4.98 Å². The Morgan fingerprint density at radius 2 is 2.03 bits per heavy atom. The maximum Gasteiger partial charge on any atom is 0.411 e. The first-order valence-electron chi connectivity index (χ1n) is 9.53. The molecule has 1 aromatic carbocycles. The summed E-state index contributed by atoms with van der Waals surface area (Å²) >= 11 is 0. The topological polar surface area (TPSA) is 116 Å². The zero-order valence-electron chi connectivity index (χ0n) is 16.8. The van der Waals surface area contributed by atoms with Crippen LogP contribution in [0.5, 0.6) is 5.88 Å². The lowest BCUT2D eigenvalue weighted by Crippen LogP contribution is -2.22. The number of fused-ring (bicyclic) bond motifs is 4. The number of anilines is 2. The minimum absolute atomic E-state index is 0.0862. The van der Waals surface area contributed by atoms with Crippen LogP contribution in [0.15, 0.2) is 30.3 Å². The van der Waals surface area contributed by atoms with Gasteiger partial charge in [0.1, 0.15) is 0 Å². The summed E-state index contributed by atoms with van der Waals surface area (Å²) < 4.78 is 10.0. The van der Waals surface area contributed by atoms with E-state index in [1.165, 1.54) is 7.11 Å². The third-order valence-electron chi connectivity index (χ3n) is 5.03. The summed E-state index contributed by atoms with van der Waals surface area (Å²) in [5.74, 6) is 0.191. The van der Waals surface area contributed by atoms with Crippen LogP contribution in [0.3, 0.4) is 0 Å². The van der Waals surface area contributed by atoms with Crippen molar-refractivity contribution in [2.45, 2.75) is 32.2 Å². The second-order valence-electron chi connectivity index (χ2n) is 7.13. The molecule has 2 amide bonds. The molecule has 29 heavy (non-hydrogen) atoms. The second-order valence-corrected chi connectivity index (χ2v) is 7.13. The van der Waals surface area contributed by atoms with Crippen LogP contribution in [0, 0.1) is 5.92 Å². The Hall–Kier alpha value is -3.13. The number of amides is 2. The maximum absolute atomic E-state index is 12.7. The Balaban J connectivity index is 2.13. The summed E-state index contributed by atoms with van der Waals surface area (Å²) in [7, 11) is 2.85. The molecule has 4 N–H and O–H groups in total. The Morgan fingerprint density at radius 1 is 1.24 bits per heavy atom. The molecule has 2 heterocycles. The van der Waals surface area contributed by atoms with Gasteiger partial charge in [-0.1, -0.05) is 19.4 Å². The van der Waals surface area contributed by atoms with Crippen LogP contribution in [0.25, 0.3) is 11.1 Å². The van der Waals surface area contributed by atoms with Gasteiger partial charge in [0.2, 0.25) is 11.8 Å². The highest BCUT2D eigenvalue weighted by Crippen LogP contribution is 2.35. The van der Waals surface area contributed by atoms with Gasteiger partial charge >= 0.3 is 6.09 Å². The zero-order valence-corrected chi connectivity index (χ0v) is 16.8. The molecule has 3 rings (SSSR count). The van der Waals surface area contributed by atoms with E-state index in [-0.39, 0.29) is 17.9 Å². The van der Waals surface area contributed by atoms with Gasteiger partial charge in [-0.05, 0) is 36.6 Å². The van der Waals surface area contributed by atoms with Crippen LogP contribution >= 0.6 is 0 Å². The molecule has 2 bridgehead atoms. The number of aromatic nitrogens is 1. The van der Waals surface area contributed by atoms with Crippen molar-refractivity contribution >= 4 is 23.4 Å². The van der Waals surface area contributed by atoms with Gasteiger partial charge in [0.15, 0.2) is 0 Å². The SMILES string of the molecule is COC(=O)Nc1ccc2c(c1)NC(=O)[C@@H](C)CCC[C@H](N)c1cc-2cc(OC)n1. The van der Waals surface area contributed by atoms with Crippen LogP contribution in [-0.2, 0) is 9.53 Å². The Labute approximate surface area is 169 Å². The molecule has 1 aliphatic rings. The number of carbonyl (C=O) groups is 2. The molecule has 0 saturated carbocycles. The number of carbonyl (C=O) groups excluding carboxylic acids is 2. The highest BCUT2D eigenvalue weighted by Gasteiger charge is 2.20. The van der Waals surface area contributed by atoms with Crippen LogP contribution in [0.4, 0.5) is 16.2 Å². The first-order chi connectivity index (χ1) is 13.9. The largest absolute Gasteiger partial charge is 0.481 e. The molecule has 0 unspecified atom stereocenters. The molecule has 0 aliphatic carbocycles. The molecular formula is C21H26N4O4. The number of hydrogen-bond donors (Lipinski definition) is 3. The highest BCUT2D eigenvalue weighted by atomic mass is 16.5. The molecule has 8 nitrogen and oxygen atoms in total. The van der Waals surface area contributed by atoms with Crippen LogP contribution in [0.1, 0.15) is 37.9 Å². The molecule has 0 fully saturated rings. The van der Waals surface area contributed by atoms with Crippen molar-refractivity contribution in [3.8, 4) is 17.0 Å². The standard InChI is InChI=1S/C21H26N4O4/c1-12-5-4-6-16(22)18-9-13(10-19(24-18)28-2)15-8-7-14(23-21(27)29-3)11-17(15)25-20(12)26/h7-12,16H,4-6,22H2,1-3H3,(H,23,27)(H,25,26)/t12-,16-/m0/s1. The number of methoxy groups -OCH3 is 2. The fraction of sp³-hybridized carbons (Fsp3) is 0.381. The minimum atomic E-state index is -0.586. The third-order valence-corrected chi connectivity index (χ3v) is 5.03. The predicted molar refractivity (Wildman–Crippen MR) is 111 cm³/mol. The van der Waals surface area contributed by atoms with Gasteiger partial charge in [-0.15, -0.1) is 0 Å². The summed E-state index contributed by atoms with van der Waals surface area (Å²) in [5, 5.41) is 5.61. The monoisotopic (exact) mass is 398 g/mol. The molecule has 154 valence electrons. The lowest BCUT2D eigenvalue weighted by Gasteiger charge is -2.20. The maximum atomic E-state index is 12.7. The summed E-state index contributed by atoms with van der Waals surface area (Å²) in [6, 6.07) is 8.72. The van der Waals surface area contributed by atoms with E-state index in [9.17, 15) is 9.59 Å². The van der Waals surface area contributed by atoms with Crippen molar-refractivity contribution in [1.29, 1.82) is 0 Å². The van der Waals surface area contributed by atoms with E-state index in [2.05, 4.69) is 20.4 Å². The average Bonchev–Trinajstić information content (AvgIpc) is 2.72. The van der Waals surface area contributed by atoms with Gasteiger partial charge in [-0.25, -0.2) is 9.78 Å². The molecular weight excluding hydrogens is 372 g/mol. The molecule has 2 aromatic rings. The first kappa shape index (κ1) is 20.6. The number of benzene rings is 1.